The van der Waals surface area contributed by atoms with Crippen LogP contribution in [0.25, 0.3) is 0 Å². The van der Waals surface area contributed by atoms with Crippen molar-refractivity contribution in [2.24, 2.45) is 10.9 Å². The third-order valence-corrected chi connectivity index (χ3v) is 3.86. The summed E-state index contributed by atoms with van der Waals surface area (Å²) in [4.78, 5) is 12.0. The van der Waals surface area contributed by atoms with Crippen molar-refractivity contribution in [2.45, 2.75) is 25.6 Å². The van der Waals surface area contributed by atoms with Crippen LogP contribution >= 0.6 is 0 Å². The maximum atomic E-state index is 12.5. The van der Waals surface area contributed by atoms with Crippen molar-refractivity contribution >= 4 is 12.0 Å². The highest BCUT2D eigenvalue weighted by Crippen LogP contribution is 2.27. The fourth-order valence-electron chi connectivity index (χ4n) is 2.54. The van der Waals surface area contributed by atoms with Gasteiger partial charge >= 0.3 is 6.18 Å². The molecule has 3 heterocycles. The van der Waals surface area contributed by atoms with Crippen LogP contribution < -0.4 is 5.32 Å². The molecule has 7 heteroatoms. The summed E-state index contributed by atoms with van der Waals surface area (Å²) in [5.74, 6) is 1.17. The number of halogens is 3. The van der Waals surface area contributed by atoms with Gasteiger partial charge in [-0.15, -0.1) is 0 Å². The highest BCUT2D eigenvalue weighted by Gasteiger charge is 2.31. The molecule has 0 saturated heterocycles. The molecular weight excluding hydrogens is 317 g/mol. The quantitative estimate of drug-likeness (QED) is 0.906. The van der Waals surface area contributed by atoms with Gasteiger partial charge in [-0.3, -0.25) is 9.98 Å². The van der Waals surface area contributed by atoms with E-state index >= 15 is 0 Å². The van der Waals surface area contributed by atoms with Crippen LogP contribution in [-0.4, -0.2) is 22.7 Å². The van der Waals surface area contributed by atoms with Crippen LogP contribution in [0.1, 0.15) is 23.2 Å². The monoisotopic (exact) mass is 334 g/mol. The highest BCUT2D eigenvalue weighted by atomic mass is 19.4. The fourth-order valence-corrected chi connectivity index (χ4v) is 2.54. The second-order valence-electron chi connectivity index (χ2n) is 5.76. The van der Waals surface area contributed by atoms with E-state index in [0.717, 1.165) is 31.0 Å². The van der Waals surface area contributed by atoms with Gasteiger partial charge in [0.25, 0.3) is 0 Å². The summed E-state index contributed by atoms with van der Waals surface area (Å²) in [7, 11) is 0. The highest BCUT2D eigenvalue weighted by molar-refractivity contribution is 5.63. The zero-order chi connectivity index (χ0) is 17.0. The number of alkyl halides is 3. The van der Waals surface area contributed by atoms with E-state index in [1.807, 2.05) is 24.5 Å². The lowest BCUT2D eigenvalue weighted by atomic mass is 10.0. The molecule has 4 nitrogen and oxygen atoms in total. The first-order valence-corrected chi connectivity index (χ1v) is 7.71. The minimum atomic E-state index is -4.41. The Morgan fingerprint density at radius 3 is 2.42 bits per heavy atom. The van der Waals surface area contributed by atoms with Gasteiger partial charge in [-0.25, -0.2) is 4.98 Å². The van der Waals surface area contributed by atoms with Crippen LogP contribution in [0.15, 0.2) is 41.7 Å². The second kappa shape index (κ2) is 6.98. The molecule has 1 atom stereocenters. The molecule has 0 fully saturated rings. The van der Waals surface area contributed by atoms with Crippen molar-refractivity contribution in [2.75, 3.05) is 11.9 Å². The Hall–Kier alpha value is -2.44. The molecule has 0 saturated carbocycles. The molecule has 1 aliphatic heterocycles. The molecule has 0 aromatic carbocycles. The lowest BCUT2D eigenvalue weighted by molar-refractivity contribution is -0.141. The van der Waals surface area contributed by atoms with E-state index in [1.165, 1.54) is 12.3 Å². The van der Waals surface area contributed by atoms with Gasteiger partial charge in [-0.2, -0.15) is 13.2 Å². The third-order valence-electron chi connectivity index (χ3n) is 3.86. The molecule has 1 unspecified atom stereocenters. The summed E-state index contributed by atoms with van der Waals surface area (Å²) in [6.07, 6.45) is 2.65. The predicted octanol–water partition coefficient (Wildman–Crippen LogP) is 3.74. The number of anilines is 1. The largest absolute Gasteiger partial charge is 0.433 e. The fraction of sp³-hybridized carbons (Fsp3) is 0.353. The predicted molar refractivity (Wildman–Crippen MR) is 86.0 cm³/mol. The number of rotatable bonds is 5. The van der Waals surface area contributed by atoms with Crippen LogP contribution in [0.5, 0.6) is 0 Å². The van der Waals surface area contributed by atoms with Crippen LogP contribution in [0, 0.1) is 5.92 Å². The maximum Gasteiger partial charge on any atom is 0.433 e. The van der Waals surface area contributed by atoms with Crippen LogP contribution in [0.2, 0.25) is 0 Å². The number of hydrogen-bond acceptors (Lipinski definition) is 4. The lowest BCUT2D eigenvalue weighted by Crippen LogP contribution is -2.09. The summed E-state index contributed by atoms with van der Waals surface area (Å²) < 4.78 is 37.4. The molecule has 126 valence electrons. The van der Waals surface area contributed by atoms with Gasteiger partial charge in [0.05, 0.1) is 0 Å². The average Bonchev–Trinajstić information content (AvgIpc) is 3.07. The summed E-state index contributed by atoms with van der Waals surface area (Å²) in [6.45, 7) is 1.27. The Kier molecular flexibility index (Phi) is 4.78. The normalized spacial score (nSPS) is 17.2. The Bertz CT molecular complexity index is 693. The second-order valence-corrected chi connectivity index (χ2v) is 5.76. The molecule has 0 radical (unpaired) electrons. The van der Waals surface area contributed by atoms with Crippen molar-refractivity contribution in [3.63, 3.8) is 0 Å². The molecule has 24 heavy (non-hydrogen) atoms. The van der Waals surface area contributed by atoms with E-state index in [4.69, 9.17) is 0 Å². The minimum absolute atomic E-state index is 0.368. The van der Waals surface area contributed by atoms with Gasteiger partial charge in [-0.05, 0) is 42.0 Å². The van der Waals surface area contributed by atoms with E-state index in [1.54, 1.807) is 0 Å². The van der Waals surface area contributed by atoms with Gasteiger partial charge in [0, 0.05) is 31.7 Å². The first kappa shape index (κ1) is 16.4. The van der Waals surface area contributed by atoms with E-state index in [2.05, 4.69) is 20.3 Å². The van der Waals surface area contributed by atoms with Crippen molar-refractivity contribution in [3.05, 3.63) is 53.5 Å². The summed E-state index contributed by atoms with van der Waals surface area (Å²) in [5, 5.41) is 3.08. The molecule has 2 aromatic heterocycles. The van der Waals surface area contributed by atoms with Crippen LogP contribution in [-0.2, 0) is 19.1 Å². The summed E-state index contributed by atoms with van der Waals surface area (Å²) >= 11 is 0. The number of nitrogens with one attached hydrogen (secondary N) is 1. The Labute approximate surface area is 137 Å². The van der Waals surface area contributed by atoms with Gasteiger partial charge in [0.15, 0.2) is 0 Å². The average molecular weight is 334 g/mol. The maximum absolute atomic E-state index is 12.5. The number of aliphatic imine (C=N–C) groups is 1. The molecule has 0 spiro atoms. The first-order chi connectivity index (χ1) is 11.5. The van der Waals surface area contributed by atoms with Gasteiger partial charge in [0.2, 0.25) is 0 Å². The SMILES string of the molecule is FC(F)(F)c1ccc(CNc2ccc(CC3C=NCC3)cn2)cn1. The van der Waals surface area contributed by atoms with Gasteiger partial charge in [-0.1, -0.05) is 12.1 Å². The van der Waals surface area contributed by atoms with E-state index < -0.39 is 11.9 Å². The third kappa shape index (κ3) is 4.31. The van der Waals surface area contributed by atoms with Crippen LogP contribution in [0.3, 0.4) is 0 Å². The molecule has 0 aliphatic carbocycles. The lowest BCUT2D eigenvalue weighted by Gasteiger charge is -2.09. The molecule has 3 rings (SSSR count). The van der Waals surface area contributed by atoms with E-state index in [-0.39, 0.29) is 0 Å². The van der Waals surface area contributed by atoms with E-state index in [9.17, 15) is 13.2 Å². The number of hydrogen-bond donors (Lipinski definition) is 1. The zero-order valence-electron chi connectivity index (χ0n) is 12.9. The summed E-state index contributed by atoms with van der Waals surface area (Å²) in [6, 6.07) is 6.28. The van der Waals surface area contributed by atoms with Crippen molar-refractivity contribution in [3.8, 4) is 0 Å². The van der Waals surface area contributed by atoms with Gasteiger partial charge < -0.3 is 5.32 Å². The first-order valence-electron chi connectivity index (χ1n) is 7.71. The Balaban J connectivity index is 1.53. The number of pyridine rings is 2. The standard InChI is InChI=1S/C17H17F3N4/c18-17(19,20)15-3-1-14(10-22-15)11-24-16-4-2-12(9-23-16)7-13-5-6-21-8-13/h1-4,8-10,13H,5-7,11H2,(H,23,24). The smallest absolute Gasteiger partial charge is 0.366 e. The van der Waals surface area contributed by atoms with Crippen LogP contribution in [0.4, 0.5) is 19.0 Å². The molecule has 0 amide bonds. The van der Waals surface area contributed by atoms with Crippen molar-refractivity contribution in [1.82, 2.24) is 9.97 Å². The zero-order valence-corrected chi connectivity index (χ0v) is 12.9. The number of aromatic nitrogens is 2. The van der Waals surface area contributed by atoms with Crippen molar-refractivity contribution in [1.29, 1.82) is 0 Å². The molecule has 1 aliphatic rings. The minimum Gasteiger partial charge on any atom is -0.366 e. The number of nitrogens with zero attached hydrogens (tertiary/aromatic N) is 3. The Morgan fingerprint density at radius 2 is 1.83 bits per heavy atom. The van der Waals surface area contributed by atoms with E-state index in [0.29, 0.717) is 23.8 Å². The topological polar surface area (TPSA) is 50.2 Å². The molecular formula is C17H17F3N4. The molecule has 1 N–H and O–H groups in total. The summed E-state index contributed by atoms with van der Waals surface area (Å²) in [5.41, 5.74) is 0.926. The Morgan fingerprint density at radius 1 is 1.04 bits per heavy atom. The molecule has 2 aromatic rings. The van der Waals surface area contributed by atoms with Crippen molar-refractivity contribution < 1.29 is 13.2 Å². The van der Waals surface area contributed by atoms with Gasteiger partial charge in [0.1, 0.15) is 11.5 Å². The molecule has 0 bridgehead atoms.